The second-order valence-corrected chi connectivity index (χ2v) is 6.89. The molecule has 3 rings (SSSR count). The zero-order valence-corrected chi connectivity index (χ0v) is 11.3. The standard InChI is InChI=1S/C15H28N2/c1-12-9-15(10-12,11-16)17-8-4-6-13-5-2-3-7-14(13)17/h12-14H,2-11,16H2,1H3. The summed E-state index contributed by atoms with van der Waals surface area (Å²) < 4.78 is 0. The van der Waals surface area contributed by atoms with E-state index in [9.17, 15) is 0 Å². The highest BCUT2D eigenvalue weighted by Crippen LogP contribution is 2.47. The van der Waals surface area contributed by atoms with Crippen molar-refractivity contribution in [3.05, 3.63) is 0 Å². The summed E-state index contributed by atoms with van der Waals surface area (Å²) in [6.45, 7) is 4.60. The van der Waals surface area contributed by atoms with Crippen molar-refractivity contribution in [3.63, 3.8) is 0 Å². The van der Waals surface area contributed by atoms with E-state index < -0.39 is 0 Å². The largest absolute Gasteiger partial charge is 0.329 e. The van der Waals surface area contributed by atoms with Gasteiger partial charge in [-0.25, -0.2) is 0 Å². The van der Waals surface area contributed by atoms with Gasteiger partial charge in [0, 0.05) is 18.1 Å². The Hall–Kier alpha value is -0.0800. The number of piperidine rings is 1. The molecule has 0 aromatic heterocycles. The fourth-order valence-electron chi connectivity index (χ4n) is 4.97. The molecule has 1 saturated heterocycles. The summed E-state index contributed by atoms with van der Waals surface area (Å²) in [5.41, 5.74) is 6.54. The number of hydrogen-bond acceptors (Lipinski definition) is 2. The number of fused-ring (bicyclic) bond motifs is 1. The zero-order valence-electron chi connectivity index (χ0n) is 11.3. The van der Waals surface area contributed by atoms with Crippen LogP contribution in [-0.4, -0.2) is 29.6 Å². The van der Waals surface area contributed by atoms with Gasteiger partial charge < -0.3 is 5.73 Å². The van der Waals surface area contributed by atoms with Crippen molar-refractivity contribution in [1.29, 1.82) is 0 Å². The molecule has 0 aromatic carbocycles. The molecule has 0 aromatic rings. The van der Waals surface area contributed by atoms with E-state index in [0.717, 1.165) is 24.4 Å². The van der Waals surface area contributed by atoms with Crippen LogP contribution in [0.5, 0.6) is 0 Å². The molecule has 3 aliphatic rings. The van der Waals surface area contributed by atoms with Gasteiger partial charge in [-0.1, -0.05) is 19.8 Å². The second-order valence-electron chi connectivity index (χ2n) is 6.89. The van der Waals surface area contributed by atoms with E-state index in [4.69, 9.17) is 5.73 Å². The maximum atomic E-state index is 6.14. The minimum absolute atomic E-state index is 0.403. The molecule has 98 valence electrons. The monoisotopic (exact) mass is 236 g/mol. The summed E-state index contributed by atoms with van der Waals surface area (Å²) in [4.78, 5) is 2.86. The molecule has 2 N–H and O–H groups in total. The zero-order chi connectivity index (χ0) is 11.9. The Bertz CT molecular complexity index is 268. The molecule has 1 heterocycles. The van der Waals surface area contributed by atoms with Gasteiger partial charge in [-0.3, -0.25) is 4.90 Å². The van der Waals surface area contributed by atoms with Crippen molar-refractivity contribution in [2.45, 2.75) is 69.9 Å². The van der Waals surface area contributed by atoms with Gasteiger partial charge in [0.15, 0.2) is 0 Å². The summed E-state index contributed by atoms with van der Waals surface area (Å²) in [7, 11) is 0. The average molecular weight is 236 g/mol. The third-order valence-electron chi connectivity index (χ3n) is 5.69. The number of nitrogens with two attached hydrogens (primary N) is 1. The first kappa shape index (κ1) is 12.0. The van der Waals surface area contributed by atoms with Crippen LogP contribution < -0.4 is 5.73 Å². The molecule has 2 unspecified atom stereocenters. The number of rotatable bonds is 2. The molecule has 0 bridgehead atoms. The average Bonchev–Trinajstić information content (AvgIpc) is 2.34. The number of nitrogens with zero attached hydrogens (tertiary/aromatic N) is 1. The Morgan fingerprint density at radius 2 is 1.82 bits per heavy atom. The SMILES string of the molecule is CC1CC(CN)(N2CCCC3CCCCC32)C1. The molecular weight excluding hydrogens is 208 g/mol. The van der Waals surface area contributed by atoms with Crippen molar-refractivity contribution in [3.8, 4) is 0 Å². The first-order chi connectivity index (χ1) is 8.25. The molecule has 3 fully saturated rings. The van der Waals surface area contributed by atoms with E-state index in [0.29, 0.717) is 5.54 Å². The molecule has 2 aliphatic carbocycles. The molecule has 17 heavy (non-hydrogen) atoms. The maximum Gasteiger partial charge on any atom is 0.0339 e. The van der Waals surface area contributed by atoms with E-state index in [2.05, 4.69) is 11.8 Å². The normalized spacial score (nSPS) is 47.3. The van der Waals surface area contributed by atoms with Crippen LogP contribution in [0.2, 0.25) is 0 Å². The maximum absolute atomic E-state index is 6.14. The van der Waals surface area contributed by atoms with Gasteiger partial charge in [-0.15, -0.1) is 0 Å². The number of likely N-dealkylation sites (tertiary alicyclic amines) is 1. The summed E-state index contributed by atoms with van der Waals surface area (Å²) in [6, 6.07) is 0.883. The smallest absolute Gasteiger partial charge is 0.0339 e. The Labute approximate surface area is 106 Å². The fourth-order valence-corrected chi connectivity index (χ4v) is 4.97. The lowest BCUT2D eigenvalue weighted by Crippen LogP contribution is -2.66. The van der Waals surface area contributed by atoms with Gasteiger partial charge in [-0.05, 0) is 56.9 Å². The van der Waals surface area contributed by atoms with Crippen molar-refractivity contribution in [1.82, 2.24) is 4.90 Å². The van der Waals surface area contributed by atoms with E-state index in [1.807, 2.05) is 0 Å². The van der Waals surface area contributed by atoms with Gasteiger partial charge in [0.2, 0.25) is 0 Å². The Morgan fingerprint density at radius 1 is 1.12 bits per heavy atom. The highest BCUT2D eigenvalue weighted by atomic mass is 15.3. The van der Waals surface area contributed by atoms with Crippen LogP contribution in [0.25, 0.3) is 0 Å². The Morgan fingerprint density at radius 3 is 2.53 bits per heavy atom. The first-order valence-corrected chi connectivity index (χ1v) is 7.72. The van der Waals surface area contributed by atoms with Crippen LogP contribution >= 0.6 is 0 Å². The quantitative estimate of drug-likeness (QED) is 0.799. The van der Waals surface area contributed by atoms with Crippen molar-refractivity contribution < 1.29 is 0 Å². The lowest BCUT2D eigenvalue weighted by atomic mass is 9.65. The predicted octanol–water partition coefficient (Wildman–Crippen LogP) is 2.77. The minimum atomic E-state index is 0.403. The third kappa shape index (κ3) is 1.94. The van der Waals surface area contributed by atoms with E-state index in [-0.39, 0.29) is 0 Å². The van der Waals surface area contributed by atoms with Gasteiger partial charge in [0.25, 0.3) is 0 Å². The van der Waals surface area contributed by atoms with Gasteiger partial charge in [0.1, 0.15) is 0 Å². The fraction of sp³-hybridized carbons (Fsp3) is 1.00. The van der Waals surface area contributed by atoms with Crippen molar-refractivity contribution >= 4 is 0 Å². The van der Waals surface area contributed by atoms with Crippen LogP contribution in [0.3, 0.4) is 0 Å². The minimum Gasteiger partial charge on any atom is -0.329 e. The van der Waals surface area contributed by atoms with Crippen LogP contribution in [0.1, 0.15) is 58.3 Å². The summed E-state index contributed by atoms with van der Waals surface area (Å²) >= 11 is 0. The van der Waals surface area contributed by atoms with Gasteiger partial charge in [-0.2, -0.15) is 0 Å². The molecule has 2 atom stereocenters. The lowest BCUT2D eigenvalue weighted by Gasteiger charge is -2.59. The van der Waals surface area contributed by atoms with Crippen LogP contribution in [0.4, 0.5) is 0 Å². The Balaban J connectivity index is 1.76. The van der Waals surface area contributed by atoms with Gasteiger partial charge in [0.05, 0.1) is 0 Å². The molecule has 2 nitrogen and oxygen atoms in total. The van der Waals surface area contributed by atoms with Crippen LogP contribution in [0.15, 0.2) is 0 Å². The lowest BCUT2D eigenvalue weighted by molar-refractivity contribution is -0.0839. The van der Waals surface area contributed by atoms with E-state index in [1.165, 1.54) is 57.9 Å². The highest BCUT2D eigenvalue weighted by molar-refractivity contribution is 5.06. The summed E-state index contributed by atoms with van der Waals surface area (Å²) in [5.74, 6) is 1.90. The molecule has 2 heteroatoms. The first-order valence-electron chi connectivity index (χ1n) is 7.72. The molecular formula is C15H28N2. The van der Waals surface area contributed by atoms with Crippen LogP contribution in [0, 0.1) is 11.8 Å². The van der Waals surface area contributed by atoms with E-state index in [1.54, 1.807) is 0 Å². The van der Waals surface area contributed by atoms with Crippen LogP contribution in [-0.2, 0) is 0 Å². The molecule has 0 spiro atoms. The van der Waals surface area contributed by atoms with Crippen molar-refractivity contribution in [2.24, 2.45) is 17.6 Å². The molecule has 0 radical (unpaired) electrons. The van der Waals surface area contributed by atoms with Crippen molar-refractivity contribution in [2.75, 3.05) is 13.1 Å². The van der Waals surface area contributed by atoms with E-state index >= 15 is 0 Å². The highest BCUT2D eigenvalue weighted by Gasteiger charge is 2.50. The summed E-state index contributed by atoms with van der Waals surface area (Å²) in [6.07, 6.45) is 11.5. The second kappa shape index (κ2) is 4.55. The molecule has 2 saturated carbocycles. The molecule has 0 amide bonds. The summed E-state index contributed by atoms with van der Waals surface area (Å²) in [5, 5.41) is 0. The number of hydrogen-bond donors (Lipinski definition) is 1. The Kier molecular flexibility index (Phi) is 3.20. The predicted molar refractivity (Wildman–Crippen MR) is 71.9 cm³/mol. The van der Waals surface area contributed by atoms with Gasteiger partial charge >= 0.3 is 0 Å². The topological polar surface area (TPSA) is 29.3 Å². The third-order valence-corrected chi connectivity index (χ3v) is 5.69. The molecule has 1 aliphatic heterocycles.